The van der Waals surface area contributed by atoms with Gasteiger partial charge in [-0.2, -0.15) is 5.26 Å². The van der Waals surface area contributed by atoms with Gasteiger partial charge in [0.05, 0.1) is 11.5 Å². The minimum absolute atomic E-state index is 0.0897. The summed E-state index contributed by atoms with van der Waals surface area (Å²) in [6.45, 7) is 4.17. The van der Waals surface area contributed by atoms with Gasteiger partial charge < -0.3 is 0 Å². The summed E-state index contributed by atoms with van der Waals surface area (Å²) in [6, 6.07) is 2.40. The van der Waals surface area contributed by atoms with Gasteiger partial charge in [0.25, 0.3) is 0 Å². The second-order valence-electron chi connectivity index (χ2n) is 3.69. The van der Waals surface area contributed by atoms with E-state index in [1.165, 1.54) is 5.57 Å². The number of hydrogen-bond donors (Lipinski definition) is 0. The van der Waals surface area contributed by atoms with E-state index in [0.717, 1.165) is 0 Å². The van der Waals surface area contributed by atoms with Crippen molar-refractivity contribution in [3.63, 3.8) is 0 Å². The molecule has 0 saturated heterocycles. The maximum atomic E-state index is 8.90. The third kappa shape index (κ3) is 0.646. The van der Waals surface area contributed by atoms with Gasteiger partial charge in [0.2, 0.25) is 0 Å². The predicted octanol–water partition coefficient (Wildman–Crippen LogP) is 2.28. The smallest absolute Gasteiger partial charge is 0.0699 e. The van der Waals surface area contributed by atoms with Crippen molar-refractivity contribution in [1.29, 1.82) is 5.26 Å². The molecule has 1 heteroatoms. The zero-order valence-corrected chi connectivity index (χ0v) is 6.83. The molecule has 2 aliphatic rings. The second kappa shape index (κ2) is 1.76. The van der Waals surface area contributed by atoms with Crippen LogP contribution in [0.3, 0.4) is 0 Å². The van der Waals surface area contributed by atoms with E-state index in [0.29, 0.717) is 11.8 Å². The van der Waals surface area contributed by atoms with Gasteiger partial charge in [0, 0.05) is 11.8 Å². The van der Waals surface area contributed by atoms with E-state index in [1.54, 1.807) is 0 Å². The van der Waals surface area contributed by atoms with E-state index in [9.17, 15) is 0 Å². The molecular formula is C10H11N. The molecule has 2 unspecified atom stereocenters. The molecule has 0 aliphatic heterocycles. The summed E-state index contributed by atoms with van der Waals surface area (Å²) in [5.74, 6) is 1.01. The van der Waals surface area contributed by atoms with Crippen molar-refractivity contribution in [2.75, 3.05) is 0 Å². The van der Waals surface area contributed by atoms with E-state index in [-0.39, 0.29) is 5.41 Å². The highest BCUT2D eigenvalue weighted by Gasteiger charge is 2.61. The van der Waals surface area contributed by atoms with E-state index in [2.05, 4.69) is 38.1 Å². The van der Waals surface area contributed by atoms with Gasteiger partial charge in [-0.05, 0) is 13.8 Å². The van der Waals surface area contributed by atoms with Crippen molar-refractivity contribution < 1.29 is 0 Å². The largest absolute Gasteiger partial charge is 0.198 e. The molecule has 3 atom stereocenters. The van der Waals surface area contributed by atoms with E-state index >= 15 is 0 Å². The molecule has 0 heterocycles. The van der Waals surface area contributed by atoms with Gasteiger partial charge >= 0.3 is 0 Å². The molecule has 0 radical (unpaired) electrons. The number of fused-ring (bicyclic) bond motifs is 1. The third-order valence-corrected chi connectivity index (χ3v) is 3.00. The lowest BCUT2D eigenvalue weighted by molar-refractivity contribution is 0.680. The minimum Gasteiger partial charge on any atom is -0.198 e. The molecule has 0 N–H and O–H groups in total. The van der Waals surface area contributed by atoms with Crippen LogP contribution in [0.4, 0.5) is 0 Å². The number of nitrogens with zero attached hydrogens (tertiary/aromatic N) is 1. The summed E-state index contributed by atoms with van der Waals surface area (Å²) >= 11 is 0. The summed E-state index contributed by atoms with van der Waals surface area (Å²) in [6.07, 6.45) is 6.34. The fraction of sp³-hybridized carbons (Fsp3) is 0.500. The summed E-state index contributed by atoms with van der Waals surface area (Å²) in [5, 5.41) is 8.90. The molecule has 0 amide bonds. The molecule has 1 nitrogen and oxygen atoms in total. The molecular weight excluding hydrogens is 134 g/mol. The average Bonchev–Trinajstić information content (AvgIpc) is 2.61. The lowest BCUT2D eigenvalue weighted by Gasteiger charge is -1.99. The Hall–Kier alpha value is -1.03. The highest BCUT2D eigenvalue weighted by Crippen LogP contribution is 2.63. The van der Waals surface area contributed by atoms with Crippen molar-refractivity contribution in [2.24, 2.45) is 17.3 Å². The summed E-state index contributed by atoms with van der Waals surface area (Å²) < 4.78 is 0. The van der Waals surface area contributed by atoms with Crippen LogP contribution in [0.25, 0.3) is 0 Å². The number of nitriles is 1. The van der Waals surface area contributed by atoms with Gasteiger partial charge in [-0.25, -0.2) is 0 Å². The van der Waals surface area contributed by atoms with E-state index in [1.807, 2.05) is 0 Å². The average molecular weight is 145 g/mol. The van der Waals surface area contributed by atoms with Gasteiger partial charge in [-0.1, -0.05) is 23.8 Å². The van der Waals surface area contributed by atoms with Crippen molar-refractivity contribution in [3.05, 3.63) is 23.8 Å². The molecule has 0 spiro atoms. The van der Waals surface area contributed by atoms with E-state index < -0.39 is 0 Å². The van der Waals surface area contributed by atoms with Gasteiger partial charge in [0.1, 0.15) is 0 Å². The standard InChI is InChI=1S/C10H11N/c1-7-4-3-5-8-9(7)10(8,2)6-11/h3-5,8-9H,1-2H3/t8?,9?,10-/m0/s1. The van der Waals surface area contributed by atoms with E-state index in [4.69, 9.17) is 5.26 Å². The fourth-order valence-corrected chi connectivity index (χ4v) is 2.19. The molecule has 0 aromatic carbocycles. The summed E-state index contributed by atoms with van der Waals surface area (Å²) in [5.41, 5.74) is 1.27. The summed E-state index contributed by atoms with van der Waals surface area (Å²) in [4.78, 5) is 0. The van der Waals surface area contributed by atoms with Crippen LogP contribution < -0.4 is 0 Å². The van der Waals surface area contributed by atoms with Crippen molar-refractivity contribution in [3.8, 4) is 6.07 Å². The Labute approximate surface area is 67.0 Å². The molecule has 0 aromatic heterocycles. The molecule has 0 aromatic rings. The van der Waals surface area contributed by atoms with Crippen LogP contribution in [-0.2, 0) is 0 Å². The molecule has 1 fully saturated rings. The SMILES string of the molecule is CC1=CC=CC2C1[C@@]2(C)C#N. The first kappa shape index (κ1) is 6.67. The summed E-state index contributed by atoms with van der Waals surface area (Å²) in [7, 11) is 0. The topological polar surface area (TPSA) is 23.8 Å². The van der Waals surface area contributed by atoms with Crippen LogP contribution in [0.2, 0.25) is 0 Å². The monoisotopic (exact) mass is 145 g/mol. The van der Waals surface area contributed by atoms with Crippen molar-refractivity contribution in [2.45, 2.75) is 13.8 Å². The van der Waals surface area contributed by atoms with Gasteiger partial charge in [-0.15, -0.1) is 0 Å². The number of hydrogen-bond acceptors (Lipinski definition) is 1. The van der Waals surface area contributed by atoms with Crippen LogP contribution in [0.1, 0.15) is 13.8 Å². The van der Waals surface area contributed by atoms with Crippen LogP contribution >= 0.6 is 0 Å². The van der Waals surface area contributed by atoms with Crippen molar-refractivity contribution >= 4 is 0 Å². The Bertz CT molecular complexity index is 292. The van der Waals surface area contributed by atoms with Crippen LogP contribution in [0.5, 0.6) is 0 Å². The Morgan fingerprint density at radius 2 is 2.36 bits per heavy atom. The molecule has 2 rings (SSSR count). The first-order chi connectivity index (χ1) is 5.20. The first-order valence-corrected chi connectivity index (χ1v) is 3.96. The number of allylic oxidation sites excluding steroid dienone is 4. The molecule has 0 bridgehead atoms. The Kier molecular flexibility index (Phi) is 1.07. The van der Waals surface area contributed by atoms with Crippen LogP contribution in [-0.4, -0.2) is 0 Å². The molecule has 1 saturated carbocycles. The normalized spacial score (nSPS) is 45.7. The van der Waals surface area contributed by atoms with Gasteiger partial charge in [0.15, 0.2) is 0 Å². The Morgan fingerprint density at radius 3 is 2.91 bits per heavy atom. The highest BCUT2D eigenvalue weighted by atomic mass is 14.6. The second-order valence-corrected chi connectivity index (χ2v) is 3.69. The molecule has 56 valence electrons. The Balaban J connectivity index is 2.36. The van der Waals surface area contributed by atoms with Crippen LogP contribution in [0.15, 0.2) is 23.8 Å². The zero-order chi connectivity index (χ0) is 8.06. The Morgan fingerprint density at radius 1 is 1.64 bits per heavy atom. The van der Waals surface area contributed by atoms with Crippen molar-refractivity contribution in [1.82, 2.24) is 0 Å². The first-order valence-electron chi connectivity index (χ1n) is 3.96. The quantitative estimate of drug-likeness (QED) is 0.513. The predicted molar refractivity (Wildman–Crippen MR) is 43.6 cm³/mol. The highest BCUT2D eigenvalue weighted by molar-refractivity contribution is 5.39. The van der Waals surface area contributed by atoms with Gasteiger partial charge in [-0.3, -0.25) is 0 Å². The third-order valence-electron chi connectivity index (χ3n) is 3.00. The maximum Gasteiger partial charge on any atom is 0.0699 e. The number of rotatable bonds is 0. The maximum absolute atomic E-state index is 8.90. The molecule has 2 aliphatic carbocycles. The fourth-order valence-electron chi connectivity index (χ4n) is 2.19. The zero-order valence-electron chi connectivity index (χ0n) is 6.83. The van der Waals surface area contributed by atoms with Crippen LogP contribution in [0, 0.1) is 28.6 Å². The lowest BCUT2D eigenvalue weighted by atomic mass is 10.0. The molecule has 11 heavy (non-hydrogen) atoms. The minimum atomic E-state index is -0.0897. The lowest BCUT2D eigenvalue weighted by Crippen LogP contribution is -1.93.